The van der Waals surface area contributed by atoms with Gasteiger partial charge in [0, 0.05) is 23.4 Å². The Morgan fingerprint density at radius 3 is 2.69 bits per heavy atom. The predicted molar refractivity (Wildman–Crippen MR) is 129 cm³/mol. The summed E-state index contributed by atoms with van der Waals surface area (Å²) in [5.74, 6) is 3.34. The molecule has 1 aromatic carbocycles. The topological polar surface area (TPSA) is 69.0 Å². The number of aromatic nitrogens is 3. The van der Waals surface area contributed by atoms with Crippen LogP contribution in [-0.4, -0.2) is 32.9 Å². The highest BCUT2D eigenvalue weighted by molar-refractivity contribution is 7.99. The number of nitrogens with one attached hydrogen (secondary N) is 1. The van der Waals surface area contributed by atoms with E-state index in [0.717, 1.165) is 58.7 Å². The van der Waals surface area contributed by atoms with E-state index in [1.165, 1.54) is 0 Å². The van der Waals surface area contributed by atoms with Crippen molar-refractivity contribution in [2.75, 3.05) is 17.7 Å². The van der Waals surface area contributed by atoms with Crippen molar-refractivity contribution in [2.45, 2.75) is 71.5 Å². The van der Waals surface area contributed by atoms with Crippen LogP contribution in [0, 0.1) is 11.3 Å². The minimum atomic E-state index is -0.266. The van der Waals surface area contributed by atoms with Gasteiger partial charge in [-0.15, -0.1) is 5.10 Å². The summed E-state index contributed by atoms with van der Waals surface area (Å²) in [5.41, 5.74) is 2.77. The molecule has 0 bridgehead atoms. The van der Waals surface area contributed by atoms with Gasteiger partial charge >= 0.3 is 0 Å². The van der Waals surface area contributed by atoms with Gasteiger partial charge in [0.1, 0.15) is 11.8 Å². The van der Waals surface area contributed by atoms with Crippen molar-refractivity contribution >= 4 is 23.5 Å². The number of anilines is 1. The molecule has 2 aromatic rings. The molecule has 1 atom stereocenters. The molecular formula is C25H34N4O2S. The van der Waals surface area contributed by atoms with E-state index >= 15 is 0 Å². The molecule has 0 saturated carbocycles. The van der Waals surface area contributed by atoms with Crippen molar-refractivity contribution < 1.29 is 9.53 Å². The van der Waals surface area contributed by atoms with Crippen LogP contribution in [0.25, 0.3) is 0 Å². The molecule has 7 heteroatoms. The number of ketones is 1. The molecule has 4 rings (SSSR count). The average Bonchev–Trinajstić information content (AvgIpc) is 3.12. The van der Waals surface area contributed by atoms with Crippen LogP contribution < -0.4 is 10.1 Å². The normalized spacial score (nSPS) is 19.6. The van der Waals surface area contributed by atoms with E-state index in [4.69, 9.17) is 14.8 Å². The fourth-order valence-electron chi connectivity index (χ4n) is 4.31. The Morgan fingerprint density at radius 1 is 1.25 bits per heavy atom. The second-order valence-corrected chi connectivity index (χ2v) is 11.0. The van der Waals surface area contributed by atoms with Gasteiger partial charge in [-0.1, -0.05) is 58.5 Å². The molecule has 6 nitrogen and oxygen atoms in total. The lowest BCUT2D eigenvalue weighted by Gasteiger charge is -2.38. The third kappa shape index (κ3) is 4.87. The Labute approximate surface area is 195 Å². The average molecular weight is 455 g/mol. The highest BCUT2D eigenvalue weighted by Crippen LogP contribution is 2.45. The van der Waals surface area contributed by atoms with Crippen molar-refractivity contribution in [3.8, 4) is 5.75 Å². The standard InChI is InChI=1S/C25H34N4O2S/c1-6-13-32-24-27-23-26-19-14-25(4,5)15-20(30)21(19)22(29(23)28-24)17-7-9-18(10-8-17)31-12-11-16(2)3/h7-10,16,22H,6,11-15H2,1-5H3,(H,26,27,28). The van der Waals surface area contributed by atoms with Gasteiger partial charge in [0.05, 0.1) is 6.61 Å². The van der Waals surface area contributed by atoms with E-state index in [-0.39, 0.29) is 17.2 Å². The molecule has 2 aliphatic rings. The predicted octanol–water partition coefficient (Wildman–Crippen LogP) is 5.86. The third-order valence-corrected chi connectivity index (χ3v) is 6.95. The minimum absolute atomic E-state index is 0.0659. The van der Waals surface area contributed by atoms with E-state index in [2.05, 4.69) is 52.1 Å². The molecule has 2 heterocycles. The summed E-state index contributed by atoms with van der Waals surface area (Å²) in [5, 5.41) is 8.98. The molecule has 1 aliphatic heterocycles. The number of Topliss-reactive ketones (excluding diaryl/α,β-unsaturated/α-hetero) is 1. The molecule has 0 spiro atoms. The second-order valence-electron chi connectivity index (χ2n) is 9.97. The van der Waals surface area contributed by atoms with Gasteiger partial charge in [0.2, 0.25) is 11.1 Å². The Hall–Kier alpha value is -2.28. The first kappa shape index (κ1) is 22.9. The van der Waals surface area contributed by atoms with Gasteiger partial charge in [-0.3, -0.25) is 4.79 Å². The van der Waals surface area contributed by atoms with E-state index in [1.54, 1.807) is 11.8 Å². The number of hydrogen-bond donors (Lipinski definition) is 1. The lowest BCUT2D eigenvalue weighted by atomic mass is 9.73. The fraction of sp³-hybridized carbons (Fsp3) is 0.560. The van der Waals surface area contributed by atoms with Crippen molar-refractivity contribution in [3.63, 3.8) is 0 Å². The van der Waals surface area contributed by atoms with Gasteiger partial charge in [0.15, 0.2) is 5.78 Å². The summed E-state index contributed by atoms with van der Waals surface area (Å²) in [6.45, 7) is 11.5. The lowest BCUT2D eigenvalue weighted by molar-refractivity contribution is -0.118. The number of ether oxygens (including phenoxy) is 1. The van der Waals surface area contributed by atoms with Gasteiger partial charge < -0.3 is 10.1 Å². The van der Waals surface area contributed by atoms with E-state index in [9.17, 15) is 4.79 Å². The van der Waals surface area contributed by atoms with Crippen LogP contribution >= 0.6 is 11.8 Å². The first-order chi connectivity index (χ1) is 15.3. The monoisotopic (exact) mass is 454 g/mol. The van der Waals surface area contributed by atoms with Crippen LogP contribution in [0.5, 0.6) is 5.75 Å². The van der Waals surface area contributed by atoms with Gasteiger partial charge in [-0.25, -0.2) is 4.68 Å². The van der Waals surface area contributed by atoms with Crippen molar-refractivity contribution in [3.05, 3.63) is 41.1 Å². The number of nitrogens with zero attached hydrogens (tertiary/aromatic N) is 3. The zero-order chi connectivity index (χ0) is 22.9. The zero-order valence-corrected chi connectivity index (χ0v) is 20.6. The van der Waals surface area contributed by atoms with E-state index in [1.807, 2.05) is 16.8 Å². The number of carbonyl (C=O) groups excluding carboxylic acids is 1. The smallest absolute Gasteiger partial charge is 0.227 e. The molecule has 1 aliphatic carbocycles. The fourth-order valence-corrected chi connectivity index (χ4v) is 4.99. The van der Waals surface area contributed by atoms with Crippen molar-refractivity contribution in [1.29, 1.82) is 0 Å². The number of carbonyl (C=O) groups is 1. The lowest BCUT2D eigenvalue weighted by Crippen LogP contribution is -2.36. The molecule has 172 valence electrons. The molecule has 0 fully saturated rings. The summed E-state index contributed by atoms with van der Waals surface area (Å²) < 4.78 is 7.79. The quantitative estimate of drug-likeness (QED) is 0.504. The minimum Gasteiger partial charge on any atom is -0.494 e. The first-order valence-electron chi connectivity index (χ1n) is 11.6. The Balaban J connectivity index is 1.68. The zero-order valence-electron chi connectivity index (χ0n) is 19.8. The number of thioether (sulfide) groups is 1. The van der Waals surface area contributed by atoms with E-state index < -0.39 is 0 Å². The Kier molecular flexibility index (Phi) is 6.65. The van der Waals surface area contributed by atoms with Crippen molar-refractivity contribution in [1.82, 2.24) is 14.8 Å². The van der Waals surface area contributed by atoms with Gasteiger partial charge in [-0.05, 0) is 48.3 Å². The van der Waals surface area contributed by atoms with E-state index in [0.29, 0.717) is 18.9 Å². The molecule has 1 unspecified atom stereocenters. The third-order valence-electron chi connectivity index (χ3n) is 5.91. The number of hydrogen-bond acceptors (Lipinski definition) is 6. The highest BCUT2D eigenvalue weighted by atomic mass is 32.2. The number of fused-ring (bicyclic) bond motifs is 1. The summed E-state index contributed by atoms with van der Waals surface area (Å²) in [6.07, 6.45) is 3.45. The molecule has 1 N–H and O–H groups in total. The maximum atomic E-state index is 13.3. The van der Waals surface area contributed by atoms with Crippen LogP contribution in [0.1, 0.15) is 71.9 Å². The summed E-state index contributed by atoms with van der Waals surface area (Å²) in [4.78, 5) is 18.0. The molecule has 0 radical (unpaired) electrons. The molecule has 0 amide bonds. The van der Waals surface area contributed by atoms with Crippen LogP contribution in [0.4, 0.5) is 5.95 Å². The summed E-state index contributed by atoms with van der Waals surface area (Å²) in [6, 6.07) is 7.85. The van der Waals surface area contributed by atoms with Gasteiger partial charge in [0.25, 0.3) is 0 Å². The number of allylic oxidation sites excluding steroid dienone is 2. The number of rotatable bonds is 8. The molecule has 1 aromatic heterocycles. The Morgan fingerprint density at radius 2 is 2.00 bits per heavy atom. The van der Waals surface area contributed by atoms with Crippen molar-refractivity contribution in [2.24, 2.45) is 11.3 Å². The molecule has 32 heavy (non-hydrogen) atoms. The molecule has 0 saturated heterocycles. The van der Waals surface area contributed by atoms with Crippen LogP contribution in [0.2, 0.25) is 0 Å². The largest absolute Gasteiger partial charge is 0.494 e. The first-order valence-corrected chi connectivity index (χ1v) is 12.6. The summed E-state index contributed by atoms with van der Waals surface area (Å²) in [7, 11) is 0. The maximum Gasteiger partial charge on any atom is 0.227 e. The summed E-state index contributed by atoms with van der Waals surface area (Å²) >= 11 is 1.65. The number of benzene rings is 1. The Bertz CT molecular complexity index is 1010. The maximum absolute atomic E-state index is 13.3. The van der Waals surface area contributed by atoms with Crippen LogP contribution in [0.3, 0.4) is 0 Å². The van der Waals surface area contributed by atoms with Gasteiger partial charge in [-0.2, -0.15) is 4.98 Å². The molecular weight excluding hydrogens is 420 g/mol. The van der Waals surface area contributed by atoms with Crippen LogP contribution in [-0.2, 0) is 4.79 Å². The van der Waals surface area contributed by atoms with Crippen LogP contribution in [0.15, 0.2) is 40.7 Å². The highest BCUT2D eigenvalue weighted by Gasteiger charge is 2.41. The SMILES string of the molecule is CCCSc1nc2n(n1)C(c1ccc(OCCC(C)C)cc1)C1=C(CC(C)(C)CC1=O)N2. The second kappa shape index (κ2) is 9.30.